The fourth-order valence-corrected chi connectivity index (χ4v) is 3.75. The summed E-state index contributed by atoms with van der Waals surface area (Å²) in [5.74, 6) is 1.57. The van der Waals surface area contributed by atoms with Gasteiger partial charge in [0.25, 0.3) is 0 Å². The minimum Gasteiger partial charge on any atom is -0.324 e. The number of anilines is 4. The van der Waals surface area contributed by atoms with Crippen molar-refractivity contribution >= 4 is 60.7 Å². The van der Waals surface area contributed by atoms with E-state index in [1.165, 1.54) is 5.56 Å². The molecule has 1 aromatic heterocycles. The van der Waals surface area contributed by atoms with Gasteiger partial charge in [-0.3, -0.25) is 0 Å². The first-order chi connectivity index (χ1) is 15.5. The summed E-state index contributed by atoms with van der Waals surface area (Å²) >= 11 is 9.21. The molecule has 5 nitrogen and oxygen atoms in total. The zero-order valence-electron chi connectivity index (χ0n) is 17.7. The number of para-hydroxylation sites is 1. The second-order valence-corrected chi connectivity index (χ2v) is 8.28. The number of aromatic nitrogens is 3. The van der Waals surface area contributed by atoms with E-state index in [0.29, 0.717) is 17.7 Å². The lowest BCUT2D eigenvalue weighted by atomic mass is 10.1. The van der Waals surface area contributed by atoms with Gasteiger partial charge in [0.2, 0.25) is 11.9 Å². The topological polar surface area (TPSA) is 62.7 Å². The predicted octanol–water partition coefficient (Wildman–Crippen LogP) is 6.72. The molecule has 0 spiro atoms. The molecule has 0 aliphatic heterocycles. The fraction of sp³-hybridized carbons (Fsp3) is 0.0800. The van der Waals surface area contributed by atoms with Crippen LogP contribution in [-0.4, -0.2) is 15.0 Å². The van der Waals surface area contributed by atoms with Crippen LogP contribution in [0.25, 0.3) is 12.2 Å². The molecular weight excluding hydrogens is 434 g/mol. The molecule has 7 heteroatoms. The zero-order valence-corrected chi connectivity index (χ0v) is 19.5. The number of hydrogen-bond donors (Lipinski definition) is 4. The van der Waals surface area contributed by atoms with Gasteiger partial charge >= 0.3 is 0 Å². The molecule has 3 aromatic carbocycles. The summed E-state index contributed by atoms with van der Waals surface area (Å²) in [5, 5.41) is 6.44. The monoisotopic (exact) mass is 457 g/mol. The highest BCUT2D eigenvalue weighted by atomic mass is 32.1. The number of nitrogens with one attached hydrogen (secondary N) is 2. The second kappa shape index (κ2) is 9.89. The summed E-state index contributed by atoms with van der Waals surface area (Å²) < 4.78 is 0. The van der Waals surface area contributed by atoms with Gasteiger partial charge in [-0.05, 0) is 60.9 Å². The minimum absolute atomic E-state index is 0.464. The molecular formula is C25H23N5S2. The fourth-order valence-electron chi connectivity index (χ4n) is 3.11. The Balaban J connectivity index is 1.50. The Kier molecular flexibility index (Phi) is 6.78. The molecule has 0 saturated heterocycles. The summed E-state index contributed by atoms with van der Waals surface area (Å²) in [6.07, 6.45) is 4.08. The average Bonchev–Trinajstić information content (AvgIpc) is 2.74. The van der Waals surface area contributed by atoms with Gasteiger partial charge in [-0.15, -0.1) is 25.3 Å². The zero-order chi connectivity index (χ0) is 22.5. The van der Waals surface area contributed by atoms with Crippen molar-refractivity contribution in [3.05, 3.63) is 89.2 Å². The van der Waals surface area contributed by atoms with Gasteiger partial charge < -0.3 is 10.6 Å². The van der Waals surface area contributed by atoms with Crippen molar-refractivity contribution in [2.75, 3.05) is 10.6 Å². The van der Waals surface area contributed by atoms with Crippen molar-refractivity contribution < 1.29 is 0 Å². The molecule has 0 bridgehead atoms. The number of nitrogens with zero attached hydrogens (tertiary/aromatic N) is 3. The van der Waals surface area contributed by atoms with E-state index in [4.69, 9.17) is 0 Å². The highest BCUT2D eigenvalue weighted by molar-refractivity contribution is 7.80. The molecule has 0 fully saturated rings. The van der Waals surface area contributed by atoms with Crippen LogP contribution in [0.2, 0.25) is 0 Å². The Hall–Kier alpha value is -3.29. The maximum atomic E-state index is 4.65. The van der Waals surface area contributed by atoms with E-state index in [2.05, 4.69) is 76.0 Å². The van der Waals surface area contributed by atoms with Gasteiger partial charge in [-0.25, -0.2) is 0 Å². The minimum atomic E-state index is 0.464. The second-order valence-electron chi connectivity index (χ2n) is 7.32. The number of rotatable bonds is 6. The number of aryl methyl sites for hydroxylation is 2. The van der Waals surface area contributed by atoms with Crippen molar-refractivity contribution in [2.45, 2.75) is 23.6 Å². The lowest BCUT2D eigenvalue weighted by Gasteiger charge is -2.10. The third kappa shape index (κ3) is 5.69. The number of hydrogen-bond acceptors (Lipinski definition) is 7. The average molecular weight is 458 g/mol. The number of thiol groups is 2. The summed E-state index contributed by atoms with van der Waals surface area (Å²) in [5.41, 5.74) is 5.01. The first-order valence-electron chi connectivity index (χ1n) is 10.1. The smallest absolute Gasteiger partial charge is 0.232 e. The van der Waals surface area contributed by atoms with Crippen LogP contribution >= 0.6 is 25.3 Å². The first kappa shape index (κ1) is 21.9. The molecule has 32 heavy (non-hydrogen) atoms. The highest BCUT2D eigenvalue weighted by Crippen LogP contribution is 2.25. The lowest BCUT2D eigenvalue weighted by Crippen LogP contribution is -2.05. The van der Waals surface area contributed by atoms with Gasteiger partial charge in [0.1, 0.15) is 5.82 Å². The predicted molar refractivity (Wildman–Crippen MR) is 139 cm³/mol. The van der Waals surface area contributed by atoms with E-state index >= 15 is 0 Å². The lowest BCUT2D eigenvalue weighted by molar-refractivity contribution is 0.989. The van der Waals surface area contributed by atoms with Crippen LogP contribution in [-0.2, 0) is 0 Å². The van der Waals surface area contributed by atoms with Crippen molar-refractivity contribution in [3.63, 3.8) is 0 Å². The van der Waals surface area contributed by atoms with Crippen LogP contribution in [0.3, 0.4) is 0 Å². The summed E-state index contributed by atoms with van der Waals surface area (Å²) in [7, 11) is 0. The SMILES string of the molecule is Cc1ccc(/C=C/c2ccc(Nc3nc(C)nc(Nc4ccccc4)n3)cc2S)c(S)c1. The van der Waals surface area contributed by atoms with Crippen LogP contribution in [0.4, 0.5) is 23.3 Å². The Morgan fingerprint density at radius 2 is 1.25 bits per heavy atom. The third-order valence-electron chi connectivity index (χ3n) is 4.69. The van der Waals surface area contributed by atoms with Crippen molar-refractivity contribution in [3.8, 4) is 0 Å². The quantitative estimate of drug-likeness (QED) is 0.191. The molecule has 0 atom stereocenters. The van der Waals surface area contributed by atoms with Gasteiger partial charge in [-0.2, -0.15) is 15.0 Å². The van der Waals surface area contributed by atoms with Gasteiger partial charge in [0.05, 0.1) is 0 Å². The maximum Gasteiger partial charge on any atom is 0.232 e. The van der Waals surface area contributed by atoms with Crippen molar-refractivity contribution in [1.29, 1.82) is 0 Å². The molecule has 160 valence electrons. The van der Waals surface area contributed by atoms with Crippen LogP contribution in [0.5, 0.6) is 0 Å². The summed E-state index contributed by atoms with van der Waals surface area (Å²) in [6.45, 7) is 3.89. The largest absolute Gasteiger partial charge is 0.324 e. The van der Waals surface area contributed by atoms with Gasteiger partial charge in [0.15, 0.2) is 0 Å². The Labute approximate surface area is 198 Å². The molecule has 0 radical (unpaired) electrons. The van der Waals surface area contributed by atoms with Gasteiger partial charge in [-0.1, -0.05) is 48.6 Å². The molecule has 0 unspecified atom stereocenters. The molecule has 4 aromatic rings. The van der Waals surface area contributed by atoms with E-state index in [-0.39, 0.29) is 0 Å². The van der Waals surface area contributed by atoms with Crippen LogP contribution in [0.1, 0.15) is 22.5 Å². The van der Waals surface area contributed by atoms with E-state index in [1.54, 1.807) is 0 Å². The van der Waals surface area contributed by atoms with E-state index in [9.17, 15) is 0 Å². The Morgan fingerprint density at radius 3 is 1.88 bits per heavy atom. The maximum absolute atomic E-state index is 4.65. The first-order valence-corrected chi connectivity index (χ1v) is 11.0. The van der Waals surface area contributed by atoms with Gasteiger partial charge in [0, 0.05) is 21.2 Å². The van der Waals surface area contributed by atoms with Crippen molar-refractivity contribution in [1.82, 2.24) is 15.0 Å². The van der Waals surface area contributed by atoms with Crippen LogP contribution in [0, 0.1) is 13.8 Å². The van der Waals surface area contributed by atoms with E-state index < -0.39 is 0 Å². The highest BCUT2D eigenvalue weighted by Gasteiger charge is 2.06. The Morgan fingerprint density at radius 1 is 0.656 bits per heavy atom. The molecule has 1 heterocycles. The molecule has 2 N–H and O–H groups in total. The van der Waals surface area contributed by atoms with E-state index in [0.717, 1.165) is 32.3 Å². The molecule has 0 amide bonds. The third-order valence-corrected chi connectivity index (χ3v) is 5.47. The molecule has 0 aliphatic carbocycles. The standard InChI is InChI=1S/C25H23N5S2/c1-16-8-9-18(22(31)14-16)10-11-19-12-13-21(15-23(19)32)29-25-27-17(2)26-24(30-25)28-20-6-4-3-5-7-20/h3-15,31-32H,1-2H3,(H2,26,27,28,29,30)/b11-10+. The number of benzene rings is 3. The molecule has 0 saturated carbocycles. The van der Waals surface area contributed by atoms with E-state index in [1.807, 2.05) is 67.6 Å². The Bertz CT molecular complexity index is 1270. The molecule has 4 rings (SSSR count). The van der Waals surface area contributed by atoms with Crippen LogP contribution in [0.15, 0.2) is 76.5 Å². The normalized spacial score (nSPS) is 11.0. The summed E-state index contributed by atoms with van der Waals surface area (Å²) in [4.78, 5) is 15.0. The summed E-state index contributed by atoms with van der Waals surface area (Å²) in [6, 6.07) is 21.9. The van der Waals surface area contributed by atoms with Crippen molar-refractivity contribution in [2.24, 2.45) is 0 Å². The molecule has 0 aliphatic rings. The van der Waals surface area contributed by atoms with Crippen LogP contribution < -0.4 is 10.6 Å².